The van der Waals surface area contributed by atoms with Crippen LogP contribution in [0.4, 0.5) is 5.82 Å². The first-order chi connectivity index (χ1) is 12.1. The van der Waals surface area contributed by atoms with Gasteiger partial charge in [-0.2, -0.15) is 9.61 Å². The van der Waals surface area contributed by atoms with Gasteiger partial charge in [0, 0.05) is 17.8 Å². The van der Waals surface area contributed by atoms with Crippen molar-refractivity contribution in [1.82, 2.24) is 14.6 Å². The van der Waals surface area contributed by atoms with Gasteiger partial charge in [0.1, 0.15) is 5.82 Å². The number of aromatic nitrogens is 3. The Bertz CT molecular complexity index is 910. The molecule has 130 valence electrons. The Morgan fingerprint density at radius 1 is 1.32 bits per heavy atom. The van der Waals surface area contributed by atoms with Crippen LogP contribution in [0.3, 0.4) is 0 Å². The summed E-state index contributed by atoms with van der Waals surface area (Å²) in [5, 5.41) is 6.98. The van der Waals surface area contributed by atoms with Gasteiger partial charge in [-0.3, -0.25) is 4.79 Å². The van der Waals surface area contributed by atoms with Crippen LogP contribution in [0.5, 0.6) is 11.5 Å². The second-order valence-corrected chi connectivity index (χ2v) is 6.08. The van der Waals surface area contributed by atoms with Gasteiger partial charge in [0.05, 0.1) is 24.4 Å². The van der Waals surface area contributed by atoms with Gasteiger partial charge in [-0.25, -0.2) is 4.98 Å². The lowest BCUT2D eigenvalue weighted by Crippen LogP contribution is -2.15. The van der Waals surface area contributed by atoms with E-state index in [-0.39, 0.29) is 5.91 Å². The van der Waals surface area contributed by atoms with Gasteiger partial charge in [-0.1, -0.05) is 6.92 Å². The van der Waals surface area contributed by atoms with Crippen molar-refractivity contribution in [2.24, 2.45) is 0 Å². The molecule has 1 N–H and O–H groups in total. The van der Waals surface area contributed by atoms with E-state index >= 15 is 0 Å². The van der Waals surface area contributed by atoms with Crippen molar-refractivity contribution < 1.29 is 14.3 Å². The lowest BCUT2D eigenvalue weighted by atomic mass is 10.2. The van der Waals surface area contributed by atoms with Gasteiger partial charge in [0.15, 0.2) is 17.1 Å². The van der Waals surface area contributed by atoms with Crippen LogP contribution in [-0.2, 0) is 0 Å². The number of nitrogens with zero attached hydrogens (tertiary/aromatic N) is 3. The fourth-order valence-corrected chi connectivity index (χ4v) is 2.87. The van der Waals surface area contributed by atoms with Crippen molar-refractivity contribution in [2.75, 3.05) is 19.0 Å². The Labute approximate surface area is 153 Å². The molecule has 0 aliphatic heterocycles. The minimum atomic E-state index is -0.288. The van der Waals surface area contributed by atoms with E-state index in [0.29, 0.717) is 39.6 Å². The van der Waals surface area contributed by atoms with E-state index in [1.807, 2.05) is 6.92 Å². The van der Waals surface area contributed by atoms with Crippen LogP contribution in [0, 0.1) is 0 Å². The first-order valence-electron chi connectivity index (χ1n) is 7.74. The minimum absolute atomic E-state index is 0.288. The summed E-state index contributed by atoms with van der Waals surface area (Å²) in [7, 11) is 1.54. The second-order valence-electron chi connectivity index (χ2n) is 5.22. The number of hydrogen-bond acceptors (Lipinski definition) is 5. The smallest absolute Gasteiger partial charge is 0.256 e. The predicted molar refractivity (Wildman–Crippen MR) is 97.4 cm³/mol. The standard InChI is InChI=1S/C17H17BrN4O3/c1-3-8-25-16-12(18)9-11(10-13(16)24-2)17(23)21-15-4-6-19-14-5-7-20-22(14)15/h4-7,9-10H,3,8H2,1-2H3,(H,21,23). The Morgan fingerprint density at radius 2 is 2.16 bits per heavy atom. The number of rotatable bonds is 6. The third kappa shape index (κ3) is 3.58. The molecule has 2 aromatic heterocycles. The van der Waals surface area contributed by atoms with Gasteiger partial charge in [0.25, 0.3) is 5.91 Å². The molecule has 0 bridgehead atoms. The number of methoxy groups -OCH3 is 1. The third-order valence-electron chi connectivity index (χ3n) is 3.47. The largest absolute Gasteiger partial charge is 0.493 e. The number of carbonyl (C=O) groups is 1. The number of anilines is 1. The molecule has 0 aliphatic rings. The molecule has 0 saturated carbocycles. The monoisotopic (exact) mass is 404 g/mol. The summed E-state index contributed by atoms with van der Waals surface area (Å²) in [4.78, 5) is 16.8. The number of halogens is 1. The Hall–Kier alpha value is -2.61. The molecule has 8 heteroatoms. The van der Waals surface area contributed by atoms with E-state index in [2.05, 4.69) is 31.3 Å². The highest BCUT2D eigenvalue weighted by molar-refractivity contribution is 9.10. The highest BCUT2D eigenvalue weighted by atomic mass is 79.9. The SMILES string of the molecule is CCCOc1c(Br)cc(C(=O)Nc2ccnc3ccnn23)cc1OC. The van der Waals surface area contributed by atoms with Crippen LogP contribution >= 0.6 is 15.9 Å². The summed E-state index contributed by atoms with van der Waals surface area (Å²) >= 11 is 3.44. The second kappa shape index (κ2) is 7.52. The van der Waals surface area contributed by atoms with E-state index in [1.54, 1.807) is 48.3 Å². The maximum atomic E-state index is 12.6. The van der Waals surface area contributed by atoms with Gasteiger partial charge >= 0.3 is 0 Å². The molecule has 2 heterocycles. The number of ether oxygens (including phenoxy) is 2. The number of hydrogen-bond donors (Lipinski definition) is 1. The fourth-order valence-electron chi connectivity index (χ4n) is 2.31. The van der Waals surface area contributed by atoms with E-state index in [4.69, 9.17) is 9.47 Å². The lowest BCUT2D eigenvalue weighted by molar-refractivity contribution is 0.102. The molecule has 1 amide bonds. The summed E-state index contributed by atoms with van der Waals surface area (Å²) in [5.74, 6) is 1.32. The van der Waals surface area contributed by atoms with Crippen LogP contribution in [0.1, 0.15) is 23.7 Å². The minimum Gasteiger partial charge on any atom is -0.493 e. The highest BCUT2D eigenvalue weighted by Gasteiger charge is 2.16. The van der Waals surface area contributed by atoms with Gasteiger partial charge in [0.2, 0.25) is 0 Å². The molecule has 7 nitrogen and oxygen atoms in total. The van der Waals surface area contributed by atoms with E-state index in [9.17, 15) is 4.79 Å². The van der Waals surface area contributed by atoms with Crippen molar-refractivity contribution in [3.8, 4) is 11.5 Å². The van der Waals surface area contributed by atoms with Crippen LogP contribution in [0.2, 0.25) is 0 Å². The molecule has 0 aliphatic carbocycles. The van der Waals surface area contributed by atoms with Crippen molar-refractivity contribution in [2.45, 2.75) is 13.3 Å². The lowest BCUT2D eigenvalue weighted by Gasteiger charge is -2.14. The maximum Gasteiger partial charge on any atom is 0.256 e. The molecular formula is C17H17BrN4O3. The predicted octanol–water partition coefficient (Wildman–Crippen LogP) is 3.54. The van der Waals surface area contributed by atoms with Crippen molar-refractivity contribution in [3.63, 3.8) is 0 Å². The molecular weight excluding hydrogens is 388 g/mol. The Kier molecular flexibility index (Phi) is 5.18. The zero-order valence-corrected chi connectivity index (χ0v) is 15.4. The molecule has 3 aromatic rings. The van der Waals surface area contributed by atoms with Crippen LogP contribution in [-0.4, -0.2) is 34.2 Å². The highest BCUT2D eigenvalue weighted by Crippen LogP contribution is 2.37. The molecule has 0 atom stereocenters. The summed E-state index contributed by atoms with van der Waals surface area (Å²) in [5.41, 5.74) is 1.09. The van der Waals surface area contributed by atoms with Crippen molar-refractivity contribution >= 4 is 33.3 Å². The summed E-state index contributed by atoms with van der Waals surface area (Å²) < 4.78 is 13.3. The summed E-state index contributed by atoms with van der Waals surface area (Å²) in [6, 6.07) is 6.79. The van der Waals surface area contributed by atoms with Gasteiger partial charge < -0.3 is 14.8 Å². The maximum absolute atomic E-state index is 12.6. The average molecular weight is 405 g/mol. The van der Waals surface area contributed by atoms with Crippen LogP contribution in [0.15, 0.2) is 41.1 Å². The number of carbonyl (C=O) groups excluding carboxylic acids is 1. The number of amides is 1. The quantitative estimate of drug-likeness (QED) is 0.679. The molecule has 1 aromatic carbocycles. The molecule has 0 unspecified atom stereocenters. The molecule has 0 radical (unpaired) electrons. The first kappa shape index (κ1) is 17.2. The van der Waals surface area contributed by atoms with E-state index < -0.39 is 0 Å². The fraction of sp³-hybridized carbons (Fsp3) is 0.235. The molecule has 0 fully saturated rings. The van der Waals surface area contributed by atoms with E-state index in [0.717, 1.165) is 6.42 Å². The summed E-state index contributed by atoms with van der Waals surface area (Å²) in [6.07, 6.45) is 4.11. The van der Waals surface area contributed by atoms with Crippen LogP contribution in [0.25, 0.3) is 5.65 Å². The first-order valence-corrected chi connectivity index (χ1v) is 8.53. The average Bonchev–Trinajstić information content (AvgIpc) is 3.09. The van der Waals surface area contributed by atoms with Gasteiger partial charge in [-0.15, -0.1) is 0 Å². The van der Waals surface area contributed by atoms with Gasteiger partial charge in [-0.05, 0) is 40.5 Å². The normalized spacial score (nSPS) is 10.7. The van der Waals surface area contributed by atoms with E-state index in [1.165, 1.54) is 0 Å². The van der Waals surface area contributed by atoms with Crippen molar-refractivity contribution in [1.29, 1.82) is 0 Å². The molecule has 25 heavy (non-hydrogen) atoms. The third-order valence-corrected chi connectivity index (χ3v) is 4.06. The molecule has 0 saturated heterocycles. The number of fused-ring (bicyclic) bond motifs is 1. The zero-order chi connectivity index (χ0) is 17.8. The molecule has 0 spiro atoms. The summed E-state index contributed by atoms with van der Waals surface area (Å²) in [6.45, 7) is 2.59. The molecule has 3 rings (SSSR count). The topological polar surface area (TPSA) is 77.8 Å². The number of nitrogens with one attached hydrogen (secondary N) is 1. The van der Waals surface area contributed by atoms with Crippen molar-refractivity contribution in [3.05, 3.63) is 46.7 Å². The Morgan fingerprint density at radius 3 is 2.92 bits per heavy atom. The number of benzene rings is 1. The van der Waals surface area contributed by atoms with Crippen LogP contribution < -0.4 is 14.8 Å². The zero-order valence-electron chi connectivity index (χ0n) is 13.8. The Balaban J connectivity index is 1.89.